The van der Waals surface area contributed by atoms with Crippen molar-refractivity contribution in [1.29, 1.82) is 5.26 Å². The molecule has 0 aliphatic heterocycles. The molecule has 2 aromatic rings. The number of halogens is 1. The van der Waals surface area contributed by atoms with Crippen LogP contribution in [0.1, 0.15) is 15.9 Å². The Kier molecular flexibility index (Phi) is 4.17. The van der Waals surface area contributed by atoms with Crippen molar-refractivity contribution < 1.29 is 9.53 Å². The van der Waals surface area contributed by atoms with Gasteiger partial charge in [-0.05, 0) is 36.4 Å². The molecule has 19 heavy (non-hydrogen) atoms. The monoisotopic (exact) mass is 271 g/mol. The van der Waals surface area contributed by atoms with E-state index in [-0.39, 0.29) is 12.4 Å². The highest BCUT2D eigenvalue weighted by atomic mass is 35.5. The predicted octanol–water partition coefficient (Wildman–Crippen LogP) is 3.47. The third-order valence-electron chi connectivity index (χ3n) is 2.51. The molecule has 0 spiro atoms. The largest absolute Gasteiger partial charge is 0.479 e. The van der Waals surface area contributed by atoms with Gasteiger partial charge in [-0.25, -0.2) is 0 Å². The van der Waals surface area contributed by atoms with E-state index in [1.165, 1.54) is 0 Å². The Balaban J connectivity index is 2.18. The van der Waals surface area contributed by atoms with Crippen molar-refractivity contribution in [2.75, 3.05) is 6.61 Å². The predicted molar refractivity (Wildman–Crippen MR) is 72.4 cm³/mol. The smallest absolute Gasteiger partial charge is 0.193 e. The highest BCUT2D eigenvalue weighted by Crippen LogP contribution is 2.17. The SMILES string of the molecule is N#CCOc1ccc(C(=O)c2cccc(Cl)c2)cc1. The van der Waals surface area contributed by atoms with Crippen LogP contribution in [0.5, 0.6) is 5.75 Å². The maximum absolute atomic E-state index is 12.2. The Morgan fingerprint density at radius 3 is 2.53 bits per heavy atom. The van der Waals surface area contributed by atoms with Crippen LogP contribution in [0.25, 0.3) is 0 Å². The van der Waals surface area contributed by atoms with Gasteiger partial charge in [0.05, 0.1) is 0 Å². The van der Waals surface area contributed by atoms with Crippen molar-refractivity contribution in [3.63, 3.8) is 0 Å². The fraction of sp³-hybridized carbons (Fsp3) is 0.0667. The Hall–Kier alpha value is -2.31. The molecule has 0 heterocycles. The number of hydrogen-bond donors (Lipinski definition) is 0. The molecule has 4 heteroatoms. The van der Waals surface area contributed by atoms with Crippen LogP contribution in [0.2, 0.25) is 5.02 Å². The average Bonchev–Trinajstić information content (AvgIpc) is 2.45. The zero-order valence-corrected chi connectivity index (χ0v) is 10.7. The number of nitrogens with zero attached hydrogens (tertiary/aromatic N) is 1. The second kappa shape index (κ2) is 6.03. The molecule has 0 fully saturated rings. The Bertz CT molecular complexity index is 629. The molecule has 0 N–H and O–H groups in total. The van der Waals surface area contributed by atoms with Crippen LogP contribution >= 0.6 is 11.6 Å². The summed E-state index contributed by atoms with van der Waals surface area (Å²) < 4.78 is 5.12. The van der Waals surface area contributed by atoms with Crippen LogP contribution < -0.4 is 4.74 Å². The van der Waals surface area contributed by atoms with E-state index in [0.29, 0.717) is 21.9 Å². The van der Waals surface area contributed by atoms with Gasteiger partial charge in [0, 0.05) is 16.1 Å². The number of rotatable bonds is 4. The van der Waals surface area contributed by atoms with Crippen molar-refractivity contribution in [3.8, 4) is 11.8 Å². The summed E-state index contributed by atoms with van der Waals surface area (Å²) in [6.45, 7) is -0.0123. The van der Waals surface area contributed by atoms with Crippen LogP contribution in [0, 0.1) is 11.3 Å². The lowest BCUT2D eigenvalue weighted by molar-refractivity contribution is 0.103. The molecule has 0 unspecified atom stereocenters. The summed E-state index contributed by atoms with van der Waals surface area (Å²) in [5.41, 5.74) is 1.09. The Labute approximate surface area is 116 Å². The molecule has 0 atom stereocenters. The number of nitriles is 1. The molecular formula is C15H10ClNO2. The van der Waals surface area contributed by atoms with E-state index < -0.39 is 0 Å². The molecule has 0 amide bonds. The van der Waals surface area contributed by atoms with Gasteiger partial charge in [-0.15, -0.1) is 0 Å². The second-order valence-corrected chi connectivity index (χ2v) is 4.25. The molecule has 0 bridgehead atoms. The third-order valence-corrected chi connectivity index (χ3v) is 2.74. The Morgan fingerprint density at radius 2 is 1.89 bits per heavy atom. The number of ether oxygens (including phenoxy) is 1. The second-order valence-electron chi connectivity index (χ2n) is 3.81. The van der Waals surface area contributed by atoms with E-state index in [1.807, 2.05) is 6.07 Å². The molecule has 2 rings (SSSR count). The van der Waals surface area contributed by atoms with Crippen LogP contribution in [-0.2, 0) is 0 Å². The van der Waals surface area contributed by atoms with Crippen LogP contribution in [0.4, 0.5) is 0 Å². The molecule has 0 aliphatic carbocycles. The standard InChI is InChI=1S/C15H10ClNO2/c16-13-3-1-2-12(10-13)15(18)11-4-6-14(7-5-11)19-9-8-17/h1-7,10H,9H2. The lowest BCUT2D eigenvalue weighted by atomic mass is 10.0. The van der Waals surface area contributed by atoms with Crippen LogP contribution in [-0.4, -0.2) is 12.4 Å². The van der Waals surface area contributed by atoms with E-state index in [2.05, 4.69) is 0 Å². The lowest BCUT2D eigenvalue weighted by Crippen LogP contribution is -2.01. The van der Waals surface area contributed by atoms with Gasteiger partial charge in [0.1, 0.15) is 11.8 Å². The van der Waals surface area contributed by atoms with Gasteiger partial charge in [0.25, 0.3) is 0 Å². The van der Waals surface area contributed by atoms with E-state index in [1.54, 1.807) is 48.5 Å². The van der Waals surface area contributed by atoms with Crippen molar-refractivity contribution in [3.05, 3.63) is 64.7 Å². The van der Waals surface area contributed by atoms with E-state index >= 15 is 0 Å². The Morgan fingerprint density at radius 1 is 1.16 bits per heavy atom. The van der Waals surface area contributed by atoms with Gasteiger partial charge in [-0.3, -0.25) is 4.79 Å². The minimum absolute atomic E-state index is 0.0123. The quantitative estimate of drug-likeness (QED) is 0.800. The third kappa shape index (κ3) is 3.34. The summed E-state index contributed by atoms with van der Waals surface area (Å²) in [4.78, 5) is 12.2. The summed E-state index contributed by atoms with van der Waals surface area (Å²) in [6, 6.07) is 15.3. The molecule has 0 radical (unpaired) electrons. The first-order valence-corrected chi connectivity index (χ1v) is 5.98. The van der Waals surface area contributed by atoms with Crippen molar-refractivity contribution in [2.24, 2.45) is 0 Å². The summed E-state index contributed by atoms with van der Waals surface area (Å²) in [6.07, 6.45) is 0. The molecule has 0 saturated carbocycles. The summed E-state index contributed by atoms with van der Waals surface area (Å²) >= 11 is 5.86. The minimum atomic E-state index is -0.102. The molecule has 0 saturated heterocycles. The molecular weight excluding hydrogens is 262 g/mol. The fourth-order valence-electron chi connectivity index (χ4n) is 1.61. The first-order chi connectivity index (χ1) is 9.20. The van der Waals surface area contributed by atoms with Gasteiger partial charge in [-0.2, -0.15) is 5.26 Å². The molecule has 0 aliphatic rings. The van der Waals surface area contributed by atoms with Gasteiger partial charge in [0.2, 0.25) is 0 Å². The number of carbonyl (C=O) groups excluding carboxylic acids is 1. The normalized spacial score (nSPS) is 9.68. The van der Waals surface area contributed by atoms with E-state index in [4.69, 9.17) is 21.6 Å². The maximum Gasteiger partial charge on any atom is 0.193 e. The van der Waals surface area contributed by atoms with Gasteiger partial charge < -0.3 is 4.74 Å². The number of ketones is 1. The number of benzene rings is 2. The summed E-state index contributed by atoms with van der Waals surface area (Å²) in [5, 5.41) is 8.93. The van der Waals surface area contributed by atoms with Crippen molar-refractivity contribution in [2.45, 2.75) is 0 Å². The van der Waals surface area contributed by atoms with E-state index in [0.717, 1.165) is 0 Å². The maximum atomic E-state index is 12.2. The minimum Gasteiger partial charge on any atom is -0.479 e. The van der Waals surface area contributed by atoms with Crippen LogP contribution in [0.3, 0.4) is 0 Å². The first kappa shape index (κ1) is 13.1. The van der Waals surface area contributed by atoms with Crippen molar-refractivity contribution in [1.82, 2.24) is 0 Å². The highest BCUT2D eigenvalue weighted by Gasteiger charge is 2.09. The fourth-order valence-corrected chi connectivity index (χ4v) is 1.80. The topological polar surface area (TPSA) is 50.1 Å². The average molecular weight is 272 g/mol. The zero-order valence-electron chi connectivity index (χ0n) is 9.97. The summed E-state index contributed by atoms with van der Waals surface area (Å²) in [5.74, 6) is 0.457. The first-order valence-electron chi connectivity index (χ1n) is 5.61. The van der Waals surface area contributed by atoms with Gasteiger partial charge >= 0.3 is 0 Å². The zero-order chi connectivity index (χ0) is 13.7. The lowest BCUT2D eigenvalue weighted by Gasteiger charge is -2.04. The molecule has 0 aromatic heterocycles. The summed E-state index contributed by atoms with van der Waals surface area (Å²) in [7, 11) is 0. The van der Waals surface area contributed by atoms with Crippen LogP contribution in [0.15, 0.2) is 48.5 Å². The van der Waals surface area contributed by atoms with Gasteiger partial charge in [0.15, 0.2) is 12.4 Å². The van der Waals surface area contributed by atoms with Crippen molar-refractivity contribution >= 4 is 17.4 Å². The highest BCUT2D eigenvalue weighted by molar-refractivity contribution is 6.31. The molecule has 94 valence electrons. The van der Waals surface area contributed by atoms with E-state index in [9.17, 15) is 4.79 Å². The molecule has 2 aromatic carbocycles. The molecule has 3 nitrogen and oxygen atoms in total. The number of carbonyl (C=O) groups is 1. The van der Waals surface area contributed by atoms with Gasteiger partial charge in [-0.1, -0.05) is 23.7 Å². The number of hydrogen-bond acceptors (Lipinski definition) is 3.